The summed E-state index contributed by atoms with van der Waals surface area (Å²) in [5.74, 6) is -0.168. The molecule has 0 bridgehead atoms. The number of para-hydroxylation sites is 1. The Labute approximate surface area is 159 Å². The molecule has 27 heavy (non-hydrogen) atoms. The van der Waals surface area contributed by atoms with Crippen molar-refractivity contribution in [3.05, 3.63) is 83.2 Å². The lowest BCUT2D eigenvalue weighted by Gasteiger charge is -2.11. The van der Waals surface area contributed by atoms with Crippen LogP contribution >= 0.6 is 0 Å². The van der Waals surface area contributed by atoms with Crippen LogP contribution < -0.4 is 4.72 Å². The first-order valence-electron chi connectivity index (χ1n) is 8.63. The van der Waals surface area contributed by atoms with Crippen molar-refractivity contribution in [3.63, 3.8) is 0 Å². The SMILES string of the molecule is CC(=O)c1cccc(S(=O)(=O)NCc2cc(C)n(-c3ccccc3)c2C)c1. The number of aryl methyl sites for hydroxylation is 1. The van der Waals surface area contributed by atoms with E-state index in [-0.39, 0.29) is 17.2 Å². The zero-order valence-corrected chi connectivity index (χ0v) is 16.4. The van der Waals surface area contributed by atoms with Gasteiger partial charge < -0.3 is 4.57 Å². The molecule has 0 aliphatic heterocycles. The number of ketones is 1. The lowest BCUT2D eigenvalue weighted by Crippen LogP contribution is -2.23. The number of sulfonamides is 1. The molecule has 0 unspecified atom stereocenters. The van der Waals surface area contributed by atoms with Crippen LogP contribution in [0.25, 0.3) is 5.69 Å². The van der Waals surface area contributed by atoms with E-state index in [9.17, 15) is 13.2 Å². The molecule has 140 valence electrons. The Morgan fingerprint density at radius 3 is 2.37 bits per heavy atom. The van der Waals surface area contributed by atoms with Crippen molar-refractivity contribution in [2.75, 3.05) is 0 Å². The number of carbonyl (C=O) groups excluding carboxylic acids is 1. The standard InChI is InChI=1S/C21H22N2O3S/c1-15-12-19(16(2)23(15)20-9-5-4-6-10-20)14-22-27(25,26)21-11-7-8-18(13-21)17(3)24/h4-13,22H,14H2,1-3H3. The van der Waals surface area contributed by atoms with E-state index >= 15 is 0 Å². The van der Waals surface area contributed by atoms with Crippen LogP contribution in [0, 0.1) is 13.8 Å². The highest BCUT2D eigenvalue weighted by molar-refractivity contribution is 7.89. The Morgan fingerprint density at radius 1 is 1.00 bits per heavy atom. The minimum atomic E-state index is -3.71. The van der Waals surface area contributed by atoms with E-state index in [1.54, 1.807) is 12.1 Å². The maximum absolute atomic E-state index is 12.6. The summed E-state index contributed by atoms with van der Waals surface area (Å²) in [5.41, 5.74) is 4.34. The Morgan fingerprint density at radius 2 is 1.70 bits per heavy atom. The van der Waals surface area contributed by atoms with Gasteiger partial charge >= 0.3 is 0 Å². The smallest absolute Gasteiger partial charge is 0.240 e. The Bertz CT molecular complexity index is 1080. The van der Waals surface area contributed by atoms with E-state index in [0.29, 0.717) is 5.56 Å². The molecule has 1 heterocycles. The van der Waals surface area contributed by atoms with E-state index in [4.69, 9.17) is 0 Å². The largest absolute Gasteiger partial charge is 0.318 e. The van der Waals surface area contributed by atoms with Crippen molar-refractivity contribution in [2.45, 2.75) is 32.2 Å². The monoisotopic (exact) mass is 382 g/mol. The Hall–Kier alpha value is -2.70. The van der Waals surface area contributed by atoms with Crippen LogP contribution in [-0.4, -0.2) is 18.8 Å². The van der Waals surface area contributed by atoms with Crippen LogP contribution in [-0.2, 0) is 16.6 Å². The van der Waals surface area contributed by atoms with E-state index in [2.05, 4.69) is 9.29 Å². The van der Waals surface area contributed by atoms with Crippen LogP contribution in [0.1, 0.15) is 34.2 Å². The molecule has 3 rings (SSSR count). The molecule has 1 N–H and O–H groups in total. The number of Topliss-reactive ketones (excluding diaryl/α,β-unsaturated/α-hetero) is 1. The molecule has 0 aliphatic rings. The molecule has 0 saturated heterocycles. The van der Waals surface area contributed by atoms with E-state index < -0.39 is 10.0 Å². The molecule has 5 nitrogen and oxygen atoms in total. The van der Waals surface area contributed by atoms with Gasteiger partial charge in [-0.15, -0.1) is 0 Å². The van der Waals surface area contributed by atoms with Crippen molar-refractivity contribution in [2.24, 2.45) is 0 Å². The number of aromatic nitrogens is 1. The number of rotatable bonds is 6. The summed E-state index contributed by atoms with van der Waals surface area (Å²) in [6.07, 6.45) is 0. The summed E-state index contributed by atoms with van der Waals surface area (Å²) < 4.78 is 30.0. The molecule has 0 amide bonds. The number of nitrogens with one attached hydrogen (secondary N) is 1. The van der Waals surface area contributed by atoms with E-state index in [1.807, 2.05) is 50.2 Å². The molecule has 0 atom stereocenters. The third-order valence-corrected chi connectivity index (χ3v) is 5.95. The fourth-order valence-electron chi connectivity index (χ4n) is 3.12. The maximum atomic E-state index is 12.6. The predicted octanol–water partition coefficient (Wildman–Crippen LogP) is 3.78. The number of nitrogens with zero attached hydrogens (tertiary/aromatic N) is 1. The van der Waals surface area contributed by atoms with Gasteiger partial charge in [0.05, 0.1) is 4.90 Å². The molecule has 0 saturated carbocycles. The van der Waals surface area contributed by atoms with Crippen molar-refractivity contribution >= 4 is 15.8 Å². The molecule has 0 radical (unpaired) electrons. The molecule has 1 aromatic heterocycles. The Balaban J connectivity index is 1.85. The summed E-state index contributed by atoms with van der Waals surface area (Å²) in [4.78, 5) is 11.6. The molecule has 0 aliphatic carbocycles. The van der Waals surface area contributed by atoms with Crippen LogP contribution in [0.2, 0.25) is 0 Å². The van der Waals surface area contributed by atoms with Gasteiger partial charge in [-0.1, -0.05) is 30.3 Å². The average Bonchev–Trinajstić information content (AvgIpc) is 2.94. The summed E-state index contributed by atoms with van der Waals surface area (Å²) in [7, 11) is -3.71. The average molecular weight is 382 g/mol. The minimum absolute atomic E-state index is 0.0899. The lowest BCUT2D eigenvalue weighted by atomic mass is 10.2. The van der Waals surface area contributed by atoms with Crippen molar-refractivity contribution < 1.29 is 13.2 Å². The first-order chi connectivity index (χ1) is 12.8. The summed E-state index contributed by atoms with van der Waals surface area (Å²) in [6.45, 7) is 5.56. The summed E-state index contributed by atoms with van der Waals surface area (Å²) in [5, 5.41) is 0. The normalized spacial score (nSPS) is 11.5. The summed E-state index contributed by atoms with van der Waals surface area (Å²) >= 11 is 0. The first kappa shape index (κ1) is 19.1. The summed E-state index contributed by atoms with van der Waals surface area (Å²) in [6, 6.07) is 18.0. The molecular formula is C21H22N2O3S. The highest BCUT2D eigenvalue weighted by Crippen LogP contribution is 2.21. The van der Waals surface area contributed by atoms with Gasteiger partial charge in [0.15, 0.2) is 5.78 Å². The second-order valence-corrected chi connectivity index (χ2v) is 8.24. The molecule has 2 aromatic carbocycles. The van der Waals surface area contributed by atoms with Crippen molar-refractivity contribution in [3.8, 4) is 5.69 Å². The van der Waals surface area contributed by atoms with Crippen LogP contribution in [0.15, 0.2) is 65.6 Å². The molecule has 6 heteroatoms. The fourth-order valence-corrected chi connectivity index (χ4v) is 4.17. The van der Waals surface area contributed by atoms with Gasteiger partial charge in [-0.3, -0.25) is 4.79 Å². The van der Waals surface area contributed by atoms with E-state index in [0.717, 1.165) is 22.6 Å². The molecule has 0 fully saturated rings. The number of carbonyl (C=O) groups is 1. The zero-order valence-electron chi connectivity index (χ0n) is 15.6. The van der Waals surface area contributed by atoms with Gasteiger partial charge in [0.1, 0.15) is 0 Å². The highest BCUT2D eigenvalue weighted by atomic mass is 32.2. The third kappa shape index (κ3) is 4.02. The minimum Gasteiger partial charge on any atom is -0.318 e. The van der Waals surface area contributed by atoms with Gasteiger partial charge in [-0.25, -0.2) is 13.1 Å². The number of benzene rings is 2. The second kappa shape index (κ2) is 7.50. The maximum Gasteiger partial charge on any atom is 0.240 e. The fraction of sp³-hybridized carbons (Fsp3) is 0.190. The second-order valence-electron chi connectivity index (χ2n) is 6.48. The van der Waals surface area contributed by atoms with Gasteiger partial charge in [-0.05, 0) is 56.7 Å². The molecule has 0 spiro atoms. The van der Waals surface area contributed by atoms with Gasteiger partial charge in [0.2, 0.25) is 10.0 Å². The van der Waals surface area contributed by atoms with Gasteiger partial charge in [0.25, 0.3) is 0 Å². The quantitative estimate of drug-likeness (QED) is 0.660. The molecule has 3 aromatic rings. The Kier molecular flexibility index (Phi) is 5.30. The molecular weight excluding hydrogens is 360 g/mol. The van der Waals surface area contributed by atoms with Crippen molar-refractivity contribution in [1.82, 2.24) is 9.29 Å². The predicted molar refractivity (Wildman–Crippen MR) is 106 cm³/mol. The zero-order chi connectivity index (χ0) is 19.6. The van der Waals surface area contributed by atoms with Crippen LogP contribution in [0.4, 0.5) is 0 Å². The lowest BCUT2D eigenvalue weighted by molar-refractivity contribution is 0.101. The third-order valence-electron chi connectivity index (χ3n) is 4.55. The van der Waals surface area contributed by atoms with Crippen LogP contribution in [0.3, 0.4) is 0 Å². The first-order valence-corrected chi connectivity index (χ1v) is 10.1. The number of hydrogen-bond donors (Lipinski definition) is 1. The topological polar surface area (TPSA) is 68.2 Å². The van der Waals surface area contributed by atoms with Crippen molar-refractivity contribution in [1.29, 1.82) is 0 Å². The van der Waals surface area contributed by atoms with Gasteiger partial charge in [-0.2, -0.15) is 0 Å². The van der Waals surface area contributed by atoms with Crippen LogP contribution in [0.5, 0.6) is 0 Å². The highest BCUT2D eigenvalue weighted by Gasteiger charge is 2.17. The van der Waals surface area contributed by atoms with E-state index in [1.165, 1.54) is 19.1 Å². The van der Waals surface area contributed by atoms with Gasteiger partial charge in [0, 0.05) is 29.2 Å². The number of hydrogen-bond acceptors (Lipinski definition) is 3.